The van der Waals surface area contributed by atoms with Crippen molar-refractivity contribution < 1.29 is 0 Å². The van der Waals surface area contributed by atoms with E-state index >= 15 is 0 Å². The fraction of sp³-hybridized carbons (Fsp3) is 0.889. The van der Waals surface area contributed by atoms with Crippen molar-refractivity contribution in [3.8, 4) is 0 Å². The van der Waals surface area contributed by atoms with Crippen molar-refractivity contribution in [3.05, 3.63) is 12.4 Å². The van der Waals surface area contributed by atoms with Crippen LogP contribution in [-0.4, -0.2) is 21.4 Å². The second-order valence-electron chi connectivity index (χ2n) is 7.58. The van der Waals surface area contributed by atoms with E-state index in [0.717, 1.165) is 11.8 Å². The fourth-order valence-corrected chi connectivity index (χ4v) is 7.29. The Morgan fingerprint density at radius 2 is 1.14 bits per heavy atom. The molecule has 0 aromatic carbocycles. The van der Waals surface area contributed by atoms with Gasteiger partial charge in [-0.3, -0.25) is 0 Å². The Bertz CT molecular complexity index is 343. The first kappa shape index (κ1) is 16.9. The summed E-state index contributed by atoms with van der Waals surface area (Å²) in [7, 11) is -0.693. The van der Waals surface area contributed by atoms with Crippen molar-refractivity contribution in [3.63, 3.8) is 0 Å². The molecule has 0 unspecified atom stereocenters. The molecule has 126 valence electrons. The first-order chi connectivity index (χ1) is 10.7. The largest absolute Gasteiger partial charge is 0.324 e. The van der Waals surface area contributed by atoms with E-state index < -0.39 is 7.58 Å². The molecule has 4 heteroatoms. The maximum Gasteiger partial charge on any atom is 0.197 e. The lowest BCUT2D eigenvalue weighted by Gasteiger charge is -2.40. The Kier molecular flexibility index (Phi) is 5.96. The molecule has 2 atom stereocenters. The highest BCUT2D eigenvalue weighted by Crippen LogP contribution is 2.58. The van der Waals surface area contributed by atoms with E-state index in [0.29, 0.717) is 12.1 Å². The van der Waals surface area contributed by atoms with Crippen molar-refractivity contribution in [1.29, 1.82) is 0 Å². The Labute approximate surface area is 142 Å². The van der Waals surface area contributed by atoms with Gasteiger partial charge in [0, 0.05) is 24.5 Å². The third-order valence-corrected chi connectivity index (χ3v) is 9.06. The zero-order chi connectivity index (χ0) is 15.5. The van der Waals surface area contributed by atoms with E-state index in [9.17, 15) is 0 Å². The number of hydrogen-bond donors (Lipinski definition) is 0. The van der Waals surface area contributed by atoms with Crippen LogP contribution >= 0.6 is 18.8 Å². The van der Waals surface area contributed by atoms with Gasteiger partial charge >= 0.3 is 0 Å². The van der Waals surface area contributed by atoms with Crippen molar-refractivity contribution in [2.75, 3.05) is 0 Å². The van der Waals surface area contributed by atoms with Crippen molar-refractivity contribution in [1.82, 2.24) is 9.34 Å². The molecule has 2 fully saturated rings. The molecule has 0 bridgehead atoms. The third-order valence-electron chi connectivity index (χ3n) is 6.25. The molecule has 0 spiro atoms. The third kappa shape index (κ3) is 3.59. The summed E-state index contributed by atoms with van der Waals surface area (Å²) in [5.74, 6) is 1.68. The van der Waals surface area contributed by atoms with Gasteiger partial charge in [0.25, 0.3) is 0 Å². The van der Waals surface area contributed by atoms with Crippen LogP contribution in [0.5, 0.6) is 0 Å². The molecule has 1 heterocycles. The van der Waals surface area contributed by atoms with Crippen LogP contribution in [0.1, 0.15) is 78.1 Å². The normalized spacial score (nSPS) is 28.3. The summed E-state index contributed by atoms with van der Waals surface area (Å²) >= 11 is 6.93. The Hall–Kier alpha value is 0.0600. The molecule has 2 aliphatic carbocycles. The number of hydrogen-bond acceptors (Lipinski definition) is 2. The zero-order valence-corrected chi connectivity index (χ0v) is 15.9. The summed E-state index contributed by atoms with van der Waals surface area (Å²) in [5, 5.41) is 0. The minimum Gasteiger partial charge on any atom is -0.324 e. The summed E-state index contributed by atoms with van der Waals surface area (Å²) < 4.78 is 4.96. The second-order valence-corrected chi connectivity index (χ2v) is 9.89. The van der Waals surface area contributed by atoms with Crippen LogP contribution in [0.25, 0.3) is 0 Å². The highest BCUT2D eigenvalue weighted by molar-refractivity contribution is 7.80. The molecule has 0 aromatic heterocycles. The number of rotatable bonds is 4. The van der Waals surface area contributed by atoms with E-state index in [2.05, 4.69) is 35.6 Å². The van der Waals surface area contributed by atoms with Crippen LogP contribution in [0, 0.1) is 11.8 Å². The SMILES string of the molecule is C[C@@H](C1CCCCC1)N1C=CN([C@@H](C)C2CCCCC2)P1Cl. The molecular weight excluding hydrogens is 311 g/mol. The molecule has 2 nitrogen and oxygen atoms in total. The summed E-state index contributed by atoms with van der Waals surface area (Å²) in [4.78, 5) is 0. The van der Waals surface area contributed by atoms with Crippen molar-refractivity contribution in [2.24, 2.45) is 11.8 Å². The van der Waals surface area contributed by atoms with E-state index in [1.807, 2.05) is 0 Å². The summed E-state index contributed by atoms with van der Waals surface area (Å²) in [6, 6.07) is 1.20. The predicted molar refractivity (Wildman–Crippen MR) is 97.7 cm³/mol. The van der Waals surface area contributed by atoms with Gasteiger partial charge in [0.2, 0.25) is 0 Å². The minimum absolute atomic E-state index is 0.601. The average molecular weight is 343 g/mol. The van der Waals surface area contributed by atoms with Crippen LogP contribution in [0.3, 0.4) is 0 Å². The minimum atomic E-state index is -0.693. The Balaban J connectivity index is 1.59. The monoisotopic (exact) mass is 342 g/mol. The molecule has 0 N–H and O–H groups in total. The van der Waals surface area contributed by atoms with Gasteiger partial charge in [-0.1, -0.05) is 38.5 Å². The maximum atomic E-state index is 6.93. The summed E-state index contributed by atoms with van der Waals surface area (Å²) in [6.07, 6.45) is 18.7. The molecule has 3 aliphatic rings. The molecule has 0 amide bonds. The van der Waals surface area contributed by atoms with Gasteiger partial charge in [-0.25, -0.2) is 0 Å². The van der Waals surface area contributed by atoms with Crippen LogP contribution in [-0.2, 0) is 0 Å². The van der Waals surface area contributed by atoms with Gasteiger partial charge in [-0.2, -0.15) is 0 Å². The quantitative estimate of drug-likeness (QED) is 0.539. The molecule has 2 saturated carbocycles. The topological polar surface area (TPSA) is 6.48 Å². The fourth-order valence-electron chi connectivity index (χ4n) is 4.60. The van der Waals surface area contributed by atoms with Gasteiger partial charge in [-0.15, -0.1) is 0 Å². The lowest BCUT2D eigenvalue weighted by Crippen LogP contribution is -2.35. The van der Waals surface area contributed by atoms with Crippen LogP contribution in [0.4, 0.5) is 0 Å². The summed E-state index contributed by atoms with van der Waals surface area (Å²) in [5.41, 5.74) is 0. The Morgan fingerprint density at radius 1 is 0.773 bits per heavy atom. The lowest BCUT2D eigenvalue weighted by molar-refractivity contribution is 0.235. The highest BCUT2D eigenvalue weighted by Gasteiger charge is 2.37. The van der Waals surface area contributed by atoms with Gasteiger partial charge in [-0.05, 0) is 62.6 Å². The number of halogens is 1. The Morgan fingerprint density at radius 3 is 1.50 bits per heavy atom. The maximum absolute atomic E-state index is 6.93. The molecule has 0 radical (unpaired) electrons. The molecule has 0 saturated heterocycles. The van der Waals surface area contributed by atoms with Crippen LogP contribution in [0.15, 0.2) is 12.4 Å². The van der Waals surface area contributed by atoms with Gasteiger partial charge in [0.1, 0.15) is 0 Å². The smallest absolute Gasteiger partial charge is 0.197 e. The molecule has 1 aliphatic heterocycles. The highest BCUT2D eigenvalue weighted by atomic mass is 35.7. The number of nitrogens with zero attached hydrogens (tertiary/aromatic N) is 2. The molecular formula is C18H32ClN2P. The van der Waals surface area contributed by atoms with E-state index in [4.69, 9.17) is 11.2 Å². The summed E-state index contributed by atoms with van der Waals surface area (Å²) in [6.45, 7) is 4.79. The second kappa shape index (κ2) is 7.75. The van der Waals surface area contributed by atoms with E-state index in [1.54, 1.807) is 0 Å². The zero-order valence-electron chi connectivity index (χ0n) is 14.3. The predicted octanol–water partition coefficient (Wildman–Crippen LogP) is 6.48. The molecule has 22 heavy (non-hydrogen) atoms. The molecule has 3 rings (SSSR count). The lowest BCUT2D eigenvalue weighted by atomic mass is 9.84. The molecule has 0 aromatic rings. The van der Waals surface area contributed by atoms with Crippen molar-refractivity contribution in [2.45, 2.75) is 90.1 Å². The van der Waals surface area contributed by atoms with Crippen LogP contribution in [0.2, 0.25) is 0 Å². The van der Waals surface area contributed by atoms with Crippen LogP contribution < -0.4 is 0 Å². The van der Waals surface area contributed by atoms with E-state index in [-0.39, 0.29) is 0 Å². The van der Waals surface area contributed by atoms with Gasteiger partial charge < -0.3 is 9.34 Å². The standard InChI is InChI=1S/C18H32ClN2P/c1-15(17-9-5-3-6-10-17)20-13-14-21(22(20)19)16(2)18-11-7-4-8-12-18/h13-18H,3-12H2,1-2H3/t15-,16-/m0/s1. The first-order valence-corrected chi connectivity index (χ1v) is 11.5. The first-order valence-electron chi connectivity index (χ1n) is 9.39. The van der Waals surface area contributed by atoms with Gasteiger partial charge in [0.05, 0.1) is 0 Å². The average Bonchev–Trinajstić information content (AvgIpc) is 2.96. The van der Waals surface area contributed by atoms with E-state index in [1.165, 1.54) is 64.2 Å². The van der Waals surface area contributed by atoms with Crippen molar-refractivity contribution >= 4 is 18.8 Å². The van der Waals surface area contributed by atoms with Gasteiger partial charge in [0.15, 0.2) is 7.58 Å².